The summed E-state index contributed by atoms with van der Waals surface area (Å²) in [4.78, 5) is 12.1. The van der Waals surface area contributed by atoms with E-state index in [4.69, 9.17) is 5.84 Å². The van der Waals surface area contributed by atoms with Gasteiger partial charge in [-0.25, -0.2) is 13.5 Å². The van der Waals surface area contributed by atoms with Crippen molar-refractivity contribution >= 4 is 39.3 Å². The summed E-state index contributed by atoms with van der Waals surface area (Å²) >= 11 is 4.06. The third-order valence-electron chi connectivity index (χ3n) is 3.30. The van der Waals surface area contributed by atoms with Crippen LogP contribution in [0.5, 0.6) is 0 Å². The maximum absolute atomic E-state index is 13.8. The lowest BCUT2D eigenvalue weighted by Crippen LogP contribution is -2.17. The number of thioether (sulfide) groups is 1. The lowest BCUT2D eigenvalue weighted by molar-refractivity contribution is -0.113. The molecule has 0 saturated heterocycles. The highest BCUT2D eigenvalue weighted by molar-refractivity contribution is 9.10. The number of aromatic nitrogens is 3. The molecule has 134 valence electrons. The van der Waals surface area contributed by atoms with Crippen LogP contribution in [0.3, 0.4) is 0 Å². The summed E-state index contributed by atoms with van der Waals surface area (Å²) in [5.74, 6) is 4.24. The number of hydrogen-bond acceptors (Lipinski definition) is 5. The van der Waals surface area contributed by atoms with Crippen LogP contribution in [0.15, 0.2) is 52.1 Å². The van der Waals surface area contributed by atoms with E-state index >= 15 is 0 Å². The Hall–Kier alpha value is -2.46. The SMILES string of the molecule is Nn1c(SCC(=O)Nc2c(F)cc(F)cc2Br)nnc1-c1ccccc1. The van der Waals surface area contributed by atoms with Crippen molar-refractivity contribution in [2.45, 2.75) is 5.16 Å². The third kappa shape index (κ3) is 4.02. The van der Waals surface area contributed by atoms with Crippen LogP contribution in [-0.2, 0) is 4.79 Å². The van der Waals surface area contributed by atoms with Crippen LogP contribution in [0.4, 0.5) is 14.5 Å². The molecule has 0 fully saturated rings. The predicted molar refractivity (Wildman–Crippen MR) is 99.0 cm³/mol. The molecule has 0 bridgehead atoms. The Balaban J connectivity index is 1.67. The van der Waals surface area contributed by atoms with Crippen LogP contribution in [0.25, 0.3) is 11.4 Å². The maximum atomic E-state index is 13.8. The molecular formula is C16H12BrF2N5OS. The first-order valence-corrected chi connectivity index (χ1v) is 9.06. The predicted octanol–water partition coefficient (Wildman–Crippen LogP) is 3.43. The van der Waals surface area contributed by atoms with Gasteiger partial charge >= 0.3 is 0 Å². The molecule has 1 amide bonds. The molecule has 1 heterocycles. The molecule has 10 heteroatoms. The van der Waals surface area contributed by atoms with Crippen molar-refractivity contribution in [2.24, 2.45) is 0 Å². The number of nitrogen functional groups attached to an aromatic ring is 1. The zero-order chi connectivity index (χ0) is 18.7. The minimum absolute atomic E-state index is 0.0760. The number of halogens is 3. The lowest BCUT2D eigenvalue weighted by atomic mass is 10.2. The van der Waals surface area contributed by atoms with E-state index in [2.05, 4.69) is 31.4 Å². The Kier molecular flexibility index (Phi) is 5.52. The maximum Gasteiger partial charge on any atom is 0.234 e. The van der Waals surface area contributed by atoms with E-state index in [0.717, 1.165) is 23.4 Å². The first-order chi connectivity index (χ1) is 12.5. The highest BCUT2D eigenvalue weighted by atomic mass is 79.9. The van der Waals surface area contributed by atoms with Crippen LogP contribution in [0.1, 0.15) is 0 Å². The molecule has 0 spiro atoms. The highest BCUT2D eigenvalue weighted by Crippen LogP contribution is 2.27. The summed E-state index contributed by atoms with van der Waals surface area (Å²) in [6, 6.07) is 11.0. The Morgan fingerprint density at radius 1 is 1.23 bits per heavy atom. The number of benzene rings is 2. The molecule has 26 heavy (non-hydrogen) atoms. The van der Waals surface area contributed by atoms with Gasteiger partial charge < -0.3 is 11.2 Å². The Morgan fingerprint density at radius 3 is 2.65 bits per heavy atom. The van der Waals surface area contributed by atoms with Gasteiger partial charge in [0.25, 0.3) is 0 Å². The molecule has 0 aliphatic rings. The van der Waals surface area contributed by atoms with E-state index in [1.165, 1.54) is 4.68 Å². The smallest absolute Gasteiger partial charge is 0.234 e. The van der Waals surface area contributed by atoms with Crippen molar-refractivity contribution in [3.63, 3.8) is 0 Å². The number of nitrogens with one attached hydrogen (secondary N) is 1. The topological polar surface area (TPSA) is 85.8 Å². The summed E-state index contributed by atoms with van der Waals surface area (Å²) in [5.41, 5.74) is 0.660. The van der Waals surface area contributed by atoms with Gasteiger partial charge in [-0.05, 0) is 22.0 Å². The van der Waals surface area contributed by atoms with Gasteiger partial charge in [0.05, 0.1) is 11.4 Å². The molecular weight excluding hydrogens is 428 g/mol. The quantitative estimate of drug-likeness (QED) is 0.469. The van der Waals surface area contributed by atoms with Crippen LogP contribution in [0, 0.1) is 11.6 Å². The number of carbonyl (C=O) groups is 1. The standard InChI is InChI=1S/C16H12BrF2N5OS/c17-11-6-10(18)7-12(19)14(11)21-13(25)8-26-16-23-22-15(24(16)20)9-4-2-1-3-5-9/h1-7H,8,20H2,(H,21,25). The van der Waals surface area contributed by atoms with Crippen molar-refractivity contribution in [2.75, 3.05) is 16.9 Å². The molecule has 0 aliphatic heterocycles. The van der Waals surface area contributed by atoms with Crippen molar-refractivity contribution in [1.82, 2.24) is 14.9 Å². The molecule has 0 aliphatic carbocycles. The fourth-order valence-corrected chi connectivity index (χ4v) is 3.29. The normalized spacial score (nSPS) is 10.7. The number of anilines is 1. The van der Waals surface area contributed by atoms with Crippen LogP contribution in [0.2, 0.25) is 0 Å². The van der Waals surface area contributed by atoms with Gasteiger partial charge in [-0.15, -0.1) is 10.2 Å². The molecule has 3 aromatic rings. The van der Waals surface area contributed by atoms with E-state index in [0.29, 0.717) is 17.0 Å². The first kappa shape index (κ1) is 18.3. The molecule has 0 unspecified atom stereocenters. The van der Waals surface area contributed by atoms with E-state index < -0.39 is 17.5 Å². The lowest BCUT2D eigenvalue weighted by Gasteiger charge is -2.08. The molecule has 0 atom stereocenters. The van der Waals surface area contributed by atoms with Crippen molar-refractivity contribution in [3.8, 4) is 11.4 Å². The molecule has 1 aromatic heterocycles. The summed E-state index contributed by atoms with van der Waals surface area (Å²) < 4.78 is 28.2. The third-order valence-corrected chi connectivity index (χ3v) is 4.87. The second kappa shape index (κ2) is 7.83. The number of amides is 1. The minimum Gasteiger partial charge on any atom is -0.335 e. The van der Waals surface area contributed by atoms with Crippen molar-refractivity contribution in [3.05, 3.63) is 58.6 Å². The zero-order valence-corrected chi connectivity index (χ0v) is 15.5. The Bertz CT molecular complexity index is 928. The molecule has 0 saturated carbocycles. The highest BCUT2D eigenvalue weighted by Gasteiger charge is 2.16. The monoisotopic (exact) mass is 439 g/mol. The van der Waals surface area contributed by atoms with Gasteiger partial charge in [-0.2, -0.15) is 0 Å². The Labute approximate surface area is 159 Å². The van der Waals surface area contributed by atoms with Crippen LogP contribution >= 0.6 is 27.7 Å². The van der Waals surface area contributed by atoms with E-state index in [1.807, 2.05) is 30.3 Å². The van der Waals surface area contributed by atoms with Gasteiger partial charge in [-0.3, -0.25) is 4.79 Å². The fourth-order valence-electron chi connectivity index (χ4n) is 2.13. The Morgan fingerprint density at radius 2 is 1.96 bits per heavy atom. The summed E-state index contributed by atoms with van der Waals surface area (Å²) in [7, 11) is 0. The second-order valence-corrected chi connectivity index (χ2v) is 6.92. The minimum atomic E-state index is -0.872. The van der Waals surface area contributed by atoms with Gasteiger partial charge in [0, 0.05) is 16.1 Å². The number of nitrogens with two attached hydrogens (primary N) is 1. The number of nitrogens with zero attached hydrogens (tertiary/aromatic N) is 3. The largest absolute Gasteiger partial charge is 0.335 e. The number of rotatable bonds is 5. The second-order valence-electron chi connectivity index (χ2n) is 5.12. The van der Waals surface area contributed by atoms with E-state index in [9.17, 15) is 13.6 Å². The average Bonchev–Trinajstić information content (AvgIpc) is 2.98. The molecule has 0 radical (unpaired) electrons. The van der Waals surface area contributed by atoms with Crippen LogP contribution in [-0.4, -0.2) is 26.5 Å². The molecule has 3 rings (SSSR count). The molecule has 6 nitrogen and oxygen atoms in total. The van der Waals surface area contributed by atoms with Gasteiger partial charge in [0.1, 0.15) is 5.82 Å². The van der Waals surface area contributed by atoms with Crippen molar-refractivity contribution in [1.29, 1.82) is 0 Å². The number of hydrogen-bond donors (Lipinski definition) is 2. The first-order valence-electron chi connectivity index (χ1n) is 7.29. The summed E-state index contributed by atoms with van der Waals surface area (Å²) in [6.45, 7) is 0. The fraction of sp³-hybridized carbons (Fsp3) is 0.0625. The van der Waals surface area contributed by atoms with Gasteiger partial charge in [0.15, 0.2) is 11.6 Å². The summed E-state index contributed by atoms with van der Waals surface area (Å²) in [5, 5.41) is 10.7. The summed E-state index contributed by atoms with van der Waals surface area (Å²) in [6.07, 6.45) is 0. The zero-order valence-electron chi connectivity index (χ0n) is 13.1. The van der Waals surface area contributed by atoms with Gasteiger partial charge in [-0.1, -0.05) is 42.1 Å². The molecule has 2 aromatic carbocycles. The number of carbonyl (C=O) groups excluding carboxylic acids is 1. The van der Waals surface area contributed by atoms with E-state index in [-0.39, 0.29) is 15.9 Å². The van der Waals surface area contributed by atoms with Crippen LogP contribution < -0.4 is 11.2 Å². The van der Waals surface area contributed by atoms with Crippen molar-refractivity contribution < 1.29 is 13.6 Å². The molecule has 3 N–H and O–H groups in total. The average molecular weight is 440 g/mol. The van der Waals surface area contributed by atoms with Gasteiger partial charge in [0.2, 0.25) is 11.1 Å². The van der Waals surface area contributed by atoms with E-state index in [1.54, 1.807) is 0 Å².